The van der Waals surface area contributed by atoms with Crippen LogP contribution >= 0.6 is 11.6 Å². The fourth-order valence-electron chi connectivity index (χ4n) is 3.42. The number of nitrogens with zero attached hydrogens (tertiary/aromatic N) is 3. The highest BCUT2D eigenvalue weighted by Gasteiger charge is 2.32. The summed E-state index contributed by atoms with van der Waals surface area (Å²) in [5, 5.41) is 3.77. The first kappa shape index (κ1) is 20.2. The van der Waals surface area contributed by atoms with Crippen molar-refractivity contribution < 1.29 is 27.2 Å². The van der Waals surface area contributed by atoms with Crippen molar-refractivity contribution in [1.29, 1.82) is 0 Å². The smallest absolute Gasteiger partial charge is 0.406 e. The zero-order valence-electron chi connectivity index (χ0n) is 15.7. The highest BCUT2D eigenvalue weighted by Crippen LogP contribution is 2.32. The highest BCUT2D eigenvalue weighted by atomic mass is 35.5. The monoisotopic (exact) mass is 437 g/mol. The van der Waals surface area contributed by atoms with Crippen molar-refractivity contribution in [3.8, 4) is 17.2 Å². The summed E-state index contributed by atoms with van der Waals surface area (Å²) in [5.74, 6) is 0.380. The van der Waals surface area contributed by atoms with Gasteiger partial charge in [-0.1, -0.05) is 17.3 Å². The van der Waals surface area contributed by atoms with Crippen LogP contribution in [0.4, 0.5) is 13.2 Å². The van der Waals surface area contributed by atoms with E-state index >= 15 is 0 Å². The number of aryl methyl sites for hydroxylation is 1. The Balaban J connectivity index is 1.52. The van der Waals surface area contributed by atoms with Gasteiger partial charge < -0.3 is 14.2 Å². The third kappa shape index (κ3) is 4.11. The largest absolute Gasteiger partial charge is 0.573 e. The molecule has 0 radical (unpaired) electrons. The molecule has 0 atom stereocenters. The minimum atomic E-state index is -4.74. The Bertz CT molecular complexity index is 1100. The van der Waals surface area contributed by atoms with Crippen molar-refractivity contribution >= 4 is 17.5 Å². The summed E-state index contributed by atoms with van der Waals surface area (Å²) in [5.41, 5.74) is 3.57. The first-order valence-corrected chi connectivity index (χ1v) is 9.43. The van der Waals surface area contributed by atoms with Gasteiger partial charge in [0.2, 0.25) is 0 Å². The van der Waals surface area contributed by atoms with Crippen LogP contribution in [0.3, 0.4) is 0 Å². The molecule has 30 heavy (non-hydrogen) atoms. The van der Waals surface area contributed by atoms with E-state index in [-0.39, 0.29) is 24.1 Å². The third-order valence-electron chi connectivity index (χ3n) is 4.64. The van der Waals surface area contributed by atoms with E-state index in [1.165, 1.54) is 24.3 Å². The molecule has 1 aromatic heterocycles. The molecule has 0 N–H and O–H groups in total. The van der Waals surface area contributed by atoms with Crippen molar-refractivity contribution in [2.24, 2.45) is 0 Å². The lowest BCUT2D eigenvalue weighted by atomic mass is 10.0. The second-order valence-corrected chi connectivity index (χ2v) is 7.10. The Morgan fingerprint density at radius 1 is 1.23 bits per heavy atom. The van der Waals surface area contributed by atoms with Crippen molar-refractivity contribution in [2.75, 3.05) is 0 Å². The molecule has 0 bridgehead atoms. The van der Waals surface area contributed by atoms with Gasteiger partial charge in [0, 0.05) is 24.2 Å². The van der Waals surface area contributed by atoms with Gasteiger partial charge in [-0.05, 0) is 47.9 Å². The third-order valence-corrected chi connectivity index (χ3v) is 4.88. The molecule has 0 spiro atoms. The zero-order valence-corrected chi connectivity index (χ0v) is 16.4. The number of ether oxygens (including phenoxy) is 1. The minimum absolute atomic E-state index is 0.131. The lowest BCUT2D eigenvalue weighted by molar-refractivity contribution is -0.274. The van der Waals surface area contributed by atoms with Gasteiger partial charge in [0.05, 0.1) is 5.88 Å². The number of aromatic nitrogens is 2. The molecule has 0 saturated heterocycles. The number of hydrogen-bond donors (Lipinski definition) is 0. The Morgan fingerprint density at radius 3 is 2.60 bits per heavy atom. The van der Waals surface area contributed by atoms with E-state index in [9.17, 15) is 18.0 Å². The van der Waals surface area contributed by atoms with Crippen LogP contribution in [0.15, 0.2) is 40.9 Å². The minimum Gasteiger partial charge on any atom is -0.406 e. The average Bonchev–Trinajstić information content (AvgIpc) is 3.27. The molecule has 0 saturated carbocycles. The molecular weight excluding hydrogens is 423 g/mol. The maximum atomic E-state index is 12.9. The summed E-state index contributed by atoms with van der Waals surface area (Å²) >= 11 is 5.71. The summed E-state index contributed by atoms with van der Waals surface area (Å²) in [6.07, 6.45) is -4.74. The Morgan fingerprint density at radius 2 is 1.97 bits per heavy atom. The van der Waals surface area contributed by atoms with Crippen LogP contribution < -0.4 is 4.74 Å². The van der Waals surface area contributed by atoms with Crippen LogP contribution in [-0.2, 0) is 19.0 Å². The molecule has 4 rings (SSSR count). The number of amides is 1. The topological polar surface area (TPSA) is 68.5 Å². The van der Waals surface area contributed by atoms with Crippen molar-refractivity contribution in [1.82, 2.24) is 15.0 Å². The quantitative estimate of drug-likeness (QED) is 0.534. The van der Waals surface area contributed by atoms with Crippen LogP contribution in [-0.4, -0.2) is 27.3 Å². The average molecular weight is 438 g/mol. The van der Waals surface area contributed by atoms with Gasteiger partial charge in [-0.25, -0.2) is 0 Å². The Kier molecular flexibility index (Phi) is 5.15. The van der Waals surface area contributed by atoms with Gasteiger partial charge in [0.1, 0.15) is 5.75 Å². The maximum absolute atomic E-state index is 12.9. The Labute approximate surface area is 174 Å². The molecule has 156 valence electrons. The summed E-state index contributed by atoms with van der Waals surface area (Å²) in [4.78, 5) is 18.7. The summed E-state index contributed by atoms with van der Waals surface area (Å²) < 4.78 is 46.0. The molecular formula is C20H15ClF3N3O3. The van der Waals surface area contributed by atoms with Gasteiger partial charge in [0.15, 0.2) is 5.82 Å². The first-order valence-electron chi connectivity index (χ1n) is 8.90. The standard InChI is InChI=1S/C20H15ClF3N3O3/c1-11-6-13(18-25-16(8-21)26-30-18)7-14-10-27(19(28)17(11)14)9-12-2-4-15(5-3-12)29-20(22,23)24/h2-7H,8-10H2,1H3. The number of alkyl halides is 4. The van der Waals surface area contributed by atoms with E-state index in [0.717, 1.165) is 11.1 Å². The van der Waals surface area contributed by atoms with Gasteiger partial charge in [-0.2, -0.15) is 4.98 Å². The number of rotatable bonds is 5. The van der Waals surface area contributed by atoms with Crippen molar-refractivity contribution in [2.45, 2.75) is 32.3 Å². The predicted octanol–water partition coefficient (Wildman–Crippen LogP) is 4.84. The van der Waals surface area contributed by atoms with E-state index in [0.29, 0.717) is 35.0 Å². The number of carbonyl (C=O) groups is 1. The van der Waals surface area contributed by atoms with Crippen molar-refractivity contribution in [3.05, 3.63) is 64.5 Å². The van der Waals surface area contributed by atoms with E-state index < -0.39 is 6.36 Å². The van der Waals surface area contributed by atoms with Crippen LogP contribution in [0.2, 0.25) is 0 Å². The predicted molar refractivity (Wildman–Crippen MR) is 101 cm³/mol. The molecule has 2 heterocycles. The summed E-state index contributed by atoms with van der Waals surface area (Å²) in [7, 11) is 0. The van der Waals surface area contributed by atoms with Crippen LogP contribution in [0.1, 0.15) is 32.9 Å². The molecule has 6 nitrogen and oxygen atoms in total. The number of hydrogen-bond acceptors (Lipinski definition) is 5. The normalized spacial score (nSPS) is 13.6. The molecule has 1 aliphatic heterocycles. The van der Waals surface area contributed by atoms with Crippen molar-refractivity contribution in [3.63, 3.8) is 0 Å². The maximum Gasteiger partial charge on any atom is 0.573 e. The molecule has 0 unspecified atom stereocenters. The molecule has 3 aromatic rings. The second kappa shape index (κ2) is 7.64. The number of halogens is 4. The number of carbonyl (C=O) groups excluding carboxylic acids is 1. The molecule has 0 aliphatic carbocycles. The van der Waals surface area contributed by atoms with E-state index in [1.54, 1.807) is 11.0 Å². The summed E-state index contributed by atoms with van der Waals surface area (Å²) in [6.45, 7) is 2.44. The molecule has 1 aliphatic rings. The fourth-order valence-corrected chi connectivity index (χ4v) is 3.53. The zero-order chi connectivity index (χ0) is 21.5. The summed E-state index contributed by atoms with van der Waals surface area (Å²) in [6, 6.07) is 9.08. The molecule has 10 heteroatoms. The van der Waals surface area contributed by atoms with E-state index in [2.05, 4.69) is 14.9 Å². The van der Waals surface area contributed by atoms with Gasteiger partial charge in [-0.15, -0.1) is 24.8 Å². The van der Waals surface area contributed by atoms with Gasteiger partial charge in [0.25, 0.3) is 11.8 Å². The first-order chi connectivity index (χ1) is 14.2. The van der Waals surface area contributed by atoms with Gasteiger partial charge in [-0.3, -0.25) is 4.79 Å². The van der Waals surface area contributed by atoms with Crippen LogP contribution in [0.5, 0.6) is 5.75 Å². The second-order valence-electron chi connectivity index (χ2n) is 6.83. The van der Waals surface area contributed by atoms with Gasteiger partial charge >= 0.3 is 6.36 Å². The number of benzene rings is 2. The SMILES string of the molecule is Cc1cc(-c2nc(CCl)no2)cc2c1C(=O)N(Cc1ccc(OC(F)(F)F)cc1)C2. The van der Waals surface area contributed by atoms with Crippen LogP contribution in [0.25, 0.3) is 11.5 Å². The van der Waals surface area contributed by atoms with E-state index in [1.807, 2.05) is 13.0 Å². The fraction of sp³-hybridized carbons (Fsp3) is 0.250. The lowest BCUT2D eigenvalue weighted by Crippen LogP contribution is -2.23. The molecule has 2 aromatic carbocycles. The number of fused-ring (bicyclic) bond motifs is 1. The highest BCUT2D eigenvalue weighted by molar-refractivity contribution is 6.16. The van der Waals surface area contributed by atoms with E-state index in [4.69, 9.17) is 16.1 Å². The Hall–Kier alpha value is -3.07. The lowest BCUT2D eigenvalue weighted by Gasteiger charge is -2.16. The molecule has 0 fully saturated rings. The van der Waals surface area contributed by atoms with Crippen LogP contribution in [0, 0.1) is 6.92 Å². The molecule has 1 amide bonds.